The van der Waals surface area contributed by atoms with Crippen molar-refractivity contribution in [3.63, 3.8) is 0 Å². The number of carbonyl (C=O) groups excluding carboxylic acids is 1. The second kappa shape index (κ2) is 20.7. The highest BCUT2D eigenvalue weighted by Crippen LogP contribution is 2.10. The molecule has 31 heavy (non-hydrogen) atoms. The Kier molecular flexibility index (Phi) is 18.7. The number of unbranched alkanes of at least 4 members (excludes halogenated alkanes) is 8. The number of halogens is 1. The Morgan fingerprint density at radius 3 is 1.65 bits per heavy atom. The predicted molar refractivity (Wildman–Crippen MR) is 125 cm³/mol. The minimum Gasteiger partial charge on any atom is -0.460 e. The normalized spacial score (nSPS) is 11.0. The van der Waals surface area contributed by atoms with Crippen molar-refractivity contribution in [3.8, 4) is 0 Å². The van der Waals surface area contributed by atoms with Crippen LogP contribution in [0, 0.1) is 5.82 Å². The number of hydrogen-bond donors (Lipinski definition) is 1. The largest absolute Gasteiger partial charge is 0.460 e. The van der Waals surface area contributed by atoms with Crippen molar-refractivity contribution in [2.75, 3.05) is 52.0 Å². The van der Waals surface area contributed by atoms with Gasteiger partial charge in [0.25, 0.3) is 0 Å². The fourth-order valence-electron chi connectivity index (χ4n) is 2.96. The van der Waals surface area contributed by atoms with E-state index in [1.165, 1.54) is 75.6 Å². The first-order valence-electron chi connectivity index (χ1n) is 11.5. The van der Waals surface area contributed by atoms with Gasteiger partial charge in [-0.1, -0.05) is 44.9 Å². The van der Waals surface area contributed by atoms with Gasteiger partial charge in [0.1, 0.15) is 12.4 Å². The van der Waals surface area contributed by atoms with E-state index in [-0.39, 0.29) is 12.4 Å². The van der Waals surface area contributed by atoms with Crippen LogP contribution in [0.5, 0.6) is 0 Å². The van der Waals surface area contributed by atoms with Gasteiger partial charge in [-0.3, -0.25) is 0 Å². The third-order valence-electron chi connectivity index (χ3n) is 4.73. The summed E-state index contributed by atoms with van der Waals surface area (Å²) < 4.78 is 34.2. The van der Waals surface area contributed by atoms with E-state index in [9.17, 15) is 9.18 Å². The monoisotopic (exact) mass is 458 g/mol. The molecule has 0 saturated heterocycles. The molecule has 0 N–H and O–H groups in total. The quantitative estimate of drug-likeness (QED) is 0.150. The number of hydrogen-bond acceptors (Lipinski definition) is 6. The molecule has 0 fully saturated rings. The fourth-order valence-corrected chi connectivity index (χ4v) is 3.18. The molecule has 0 amide bonds. The summed E-state index contributed by atoms with van der Waals surface area (Å²) in [5.74, 6) is 0.137. The summed E-state index contributed by atoms with van der Waals surface area (Å²) in [6.07, 6.45) is 11.6. The van der Waals surface area contributed by atoms with Gasteiger partial charge in [0.2, 0.25) is 0 Å². The van der Waals surface area contributed by atoms with Crippen LogP contribution >= 0.6 is 12.6 Å². The van der Waals surface area contributed by atoms with E-state index < -0.39 is 5.97 Å². The smallest absolute Gasteiger partial charge is 0.338 e. The highest BCUT2D eigenvalue weighted by Gasteiger charge is 2.06. The average molecular weight is 459 g/mol. The number of benzene rings is 1. The molecule has 0 atom stereocenters. The first-order chi connectivity index (χ1) is 15.2. The van der Waals surface area contributed by atoms with E-state index in [1.807, 2.05) is 0 Å². The van der Waals surface area contributed by atoms with E-state index in [0.29, 0.717) is 38.6 Å². The van der Waals surface area contributed by atoms with Gasteiger partial charge < -0.3 is 18.9 Å². The fraction of sp³-hybridized carbons (Fsp3) is 0.708. The van der Waals surface area contributed by atoms with Crippen LogP contribution in [0.4, 0.5) is 4.39 Å². The van der Waals surface area contributed by atoms with Crippen molar-refractivity contribution >= 4 is 18.6 Å². The van der Waals surface area contributed by atoms with Gasteiger partial charge in [-0.15, -0.1) is 0 Å². The van der Waals surface area contributed by atoms with Crippen LogP contribution in [0.1, 0.15) is 68.1 Å². The Morgan fingerprint density at radius 2 is 1.10 bits per heavy atom. The molecule has 0 aromatic heterocycles. The standard InChI is InChI=1S/C24H39FO5S/c25-23-12-10-22(11-13-23)24(26)30-20-19-29-18-17-28-16-15-27-14-8-6-4-2-1-3-5-7-9-21-31/h10-13,31H,1-9,14-21H2. The zero-order valence-corrected chi connectivity index (χ0v) is 19.6. The lowest BCUT2D eigenvalue weighted by molar-refractivity contribution is 0.000183. The lowest BCUT2D eigenvalue weighted by Crippen LogP contribution is -2.14. The molecule has 1 aromatic carbocycles. The average Bonchev–Trinajstić information content (AvgIpc) is 2.78. The van der Waals surface area contributed by atoms with Crippen LogP contribution < -0.4 is 0 Å². The van der Waals surface area contributed by atoms with E-state index in [1.54, 1.807) is 0 Å². The van der Waals surface area contributed by atoms with E-state index in [0.717, 1.165) is 18.8 Å². The van der Waals surface area contributed by atoms with Crippen molar-refractivity contribution < 1.29 is 28.1 Å². The molecular formula is C24H39FO5S. The maximum Gasteiger partial charge on any atom is 0.338 e. The molecule has 0 radical (unpaired) electrons. The zero-order chi connectivity index (χ0) is 22.4. The summed E-state index contributed by atoms with van der Waals surface area (Å²) in [6.45, 7) is 3.29. The van der Waals surface area contributed by atoms with Gasteiger partial charge in [-0.25, -0.2) is 9.18 Å². The first kappa shape index (κ1) is 27.9. The number of esters is 1. The predicted octanol–water partition coefficient (Wildman–Crippen LogP) is 5.47. The Bertz CT molecular complexity index is 541. The molecule has 0 bridgehead atoms. The summed E-state index contributed by atoms with van der Waals surface area (Å²) in [5, 5.41) is 0. The Hall–Kier alpha value is -1.15. The highest BCUT2D eigenvalue weighted by molar-refractivity contribution is 7.80. The second-order valence-electron chi connectivity index (χ2n) is 7.39. The van der Waals surface area contributed by atoms with Gasteiger partial charge in [-0.2, -0.15) is 12.6 Å². The van der Waals surface area contributed by atoms with Gasteiger partial charge in [0, 0.05) is 6.61 Å². The molecule has 0 aliphatic rings. The molecule has 0 spiro atoms. The first-order valence-corrected chi connectivity index (χ1v) is 12.1. The van der Waals surface area contributed by atoms with Gasteiger partial charge >= 0.3 is 5.97 Å². The topological polar surface area (TPSA) is 54.0 Å². The number of rotatable bonds is 21. The summed E-state index contributed by atoms with van der Waals surface area (Å²) in [4.78, 5) is 11.7. The highest BCUT2D eigenvalue weighted by atomic mass is 32.1. The Labute approximate surface area is 192 Å². The zero-order valence-electron chi connectivity index (χ0n) is 18.7. The molecule has 1 rings (SSSR count). The van der Waals surface area contributed by atoms with Gasteiger partial charge in [0.05, 0.1) is 38.6 Å². The van der Waals surface area contributed by atoms with Crippen LogP contribution in [0.3, 0.4) is 0 Å². The van der Waals surface area contributed by atoms with E-state index >= 15 is 0 Å². The molecule has 1 aromatic rings. The molecule has 0 heterocycles. The molecule has 178 valence electrons. The third-order valence-corrected chi connectivity index (χ3v) is 5.05. The number of thiol groups is 1. The van der Waals surface area contributed by atoms with Crippen LogP contribution in [-0.2, 0) is 18.9 Å². The molecule has 7 heteroatoms. The summed E-state index contributed by atoms with van der Waals surface area (Å²) in [7, 11) is 0. The molecular weight excluding hydrogens is 419 g/mol. The van der Waals surface area contributed by atoms with Gasteiger partial charge in [0.15, 0.2) is 0 Å². The maximum absolute atomic E-state index is 12.8. The summed E-state index contributed by atoms with van der Waals surface area (Å²) >= 11 is 4.23. The minimum atomic E-state index is -0.489. The van der Waals surface area contributed by atoms with Crippen molar-refractivity contribution in [1.82, 2.24) is 0 Å². The van der Waals surface area contributed by atoms with E-state index in [4.69, 9.17) is 18.9 Å². The summed E-state index contributed by atoms with van der Waals surface area (Å²) in [5.41, 5.74) is 0.320. The molecule has 0 aliphatic carbocycles. The SMILES string of the molecule is O=C(OCCOCCOCCOCCCCCCCCCCCS)c1ccc(F)cc1. The molecule has 0 unspecified atom stereocenters. The van der Waals surface area contributed by atoms with Crippen molar-refractivity contribution in [3.05, 3.63) is 35.6 Å². The van der Waals surface area contributed by atoms with Gasteiger partial charge in [-0.05, 0) is 42.9 Å². The van der Waals surface area contributed by atoms with Crippen LogP contribution in [0.2, 0.25) is 0 Å². The Morgan fingerprint density at radius 1 is 0.645 bits per heavy atom. The van der Waals surface area contributed by atoms with Crippen LogP contribution in [-0.4, -0.2) is 58.0 Å². The maximum atomic E-state index is 12.8. The summed E-state index contributed by atoms with van der Waals surface area (Å²) in [6, 6.07) is 5.24. The van der Waals surface area contributed by atoms with Crippen molar-refractivity contribution in [2.45, 2.75) is 57.8 Å². The Balaban J connectivity index is 1.74. The third kappa shape index (κ3) is 17.1. The second-order valence-corrected chi connectivity index (χ2v) is 7.83. The number of ether oxygens (including phenoxy) is 4. The van der Waals surface area contributed by atoms with E-state index in [2.05, 4.69) is 12.6 Å². The minimum absolute atomic E-state index is 0.148. The van der Waals surface area contributed by atoms with Crippen molar-refractivity contribution in [1.29, 1.82) is 0 Å². The van der Waals surface area contributed by atoms with Crippen LogP contribution in [0.15, 0.2) is 24.3 Å². The van der Waals surface area contributed by atoms with Crippen molar-refractivity contribution in [2.24, 2.45) is 0 Å². The molecule has 5 nitrogen and oxygen atoms in total. The molecule has 0 aliphatic heterocycles. The molecule has 0 saturated carbocycles. The number of carbonyl (C=O) groups is 1. The lowest BCUT2D eigenvalue weighted by atomic mass is 10.1. The lowest BCUT2D eigenvalue weighted by Gasteiger charge is -2.08. The van der Waals surface area contributed by atoms with Crippen LogP contribution in [0.25, 0.3) is 0 Å².